The molecule has 1 aromatic heterocycles. The van der Waals surface area contributed by atoms with Gasteiger partial charge in [-0.1, -0.05) is 6.07 Å². The Hall–Kier alpha value is -2.64. The summed E-state index contributed by atoms with van der Waals surface area (Å²) in [5.74, 6) is 1.24. The zero-order valence-electron chi connectivity index (χ0n) is 16.7. The lowest BCUT2D eigenvalue weighted by Gasteiger charge is -2.33. The fourth-order valence-corrected chi connectivity index (χ4v) is 4.57. The first-order valence-corrected chi connectivity index (χ1v) is 10.6. The largest absolute Gasteiger partial charge is 0.493 e. The molecular formula is C22H25FN3O2S+. The normalized spacial score (nSPS) is 14.8. The van der Waals surface area contributed by atoms with Gasteiger partial charge in [0.1, 0.15) is 23.1 Å². The van der Waals surface area contributed by atoms with E-state index in [-0.39, 0.29) is 5.82 Å². The molecule has 0 amide bonds. The molecular weight excluding hydrogens is 389 g/mol. The first-order valence-electron chi connectivity index (χ1n) is 9.68. The first kappa shape index (κ1) is 19.7. The van der Waals surface area contributed by atoms with Crippen molar-refractivity contribution in [3.63, 3.8) is 0 Å². The summed E-state index contributed by atoms with van der Waals surface area (Å²) in [5.41, 5.74) is 3.14. The maximum atomic E-state index is 13.1. The summed E-state index contributed by atoms with van der Waals surface area (Å²) < 4.78 is 24.1. The second-order valence-electron chi connectivity index (χ2n) is 7.08. The molecule has 0 unspecified atom stereocenters. The molecule has 0 radical (unpaired) electrons. The quantitative estimate of drug-likeness (QED) is 0.673. The number of para-hydroxylation sites is 1. The van der Waals surface area contributed by atoms with Gasteiger partial charge < -0.3 is 19.3 Å². The number of hydrogen-bond donors (Lipinski definition) is 1. The first-order chi connectivity index (χ1) is 14.2. The highest BCUT2D eigenvalue weighted by atomic mass is 32.1. The fraction of sp³-hybridized carbons (Fsp3) is 0.318. The van der Waals surface area contributed by atoms with Gasteiger partial charge in [0.2, 0.25) is 0 Å². The van der Waals surface area contributed by atoms with E-state index in [1.165, 1.54) is 17.0 Å². The van der Waals surface area contributed by atoms with Crippen LogP contribution < -0.4 is 19.3 Å². The predicted octanol–water partition coefficient (Wildman–Crippen LogP) is 2.87. The average molecular weight is 415 g/mol. The third kappa shape index (κ3) is 4.36. The van der Waals surface area contributed by atoms with Gasteiger partial charge in [-0.2, -0.15) is 0 Å². The van der Waals surface area contributed by atoms with Gasteiger partial charge in [0.05, 0.1) is 46.0 Å². The van der Waals surface area contributed by atoms with E-state index in [4.69, 9.17) is 14.5 Å². The molecule has 1 N–H and O–H groups in total. The number of nitrogens with zero attached hydrogens (tertiary/aromatic N) is 2. The number of rotatable bonds is 6. The van der Waals surface area contributed by atoms with Crippen molar-refractivity contribution < 1.29 is 18.8 Å². The molecule has 29 heavy (non-hydrogen) atoms. The molecule has 152 valence electrons. The smallest absolute Gasteiger partial charge is 0.170 e. The molecule has 0 atom stereocenters. The van der Waals surface area contributed by atoms with E-state index < -0.39 is 0 Å². The average Bonchev–Trinajstić information content (AvgIpc) is 3.22. The number of nitrogens with one attached hydrogen (secondary N) is 1. The SMILES string of the molecule is COc1cccc(-c2nc(C[NH+]3CCN(c4ccc(F)cc4)CC3)cs2)c1OC. The van der Waals surface area contributed by atoms with Gasteiger partial charge in [0.25, 0.3) is 0 Å². The molecule has 4 rings (SSSR count). The van der Waals surface area contributed by atoms with E-state index in [1.807, 2.05) is 30.3 Å². The highest BCUT2D eigenvalue weighted by Gasteiger charge is 2.22. The summed E-state index contributed by atoms with van der Waals surface area (Å²) in [4.78, 5) is 8.68. The molecule has 0 aliphatic carbocycles. The number of thiazole rings is 1. The van der Waals surface area contributed by atoms with Crippen LogP contribution >= 0.6 is 11.3 Å². The standard InChI is InChI=1S/C22H24FN3O2S/c1-27-20-5-3-4-19(21(20)28-2)22-24-17(15-29-22)14-25-10-12-26(13-11-25)18-8-6-16(23)7-9-18/h3-9,15H,10-14H2,1-2H3/p+1. The number of benzene rings is 2. The lowest BCUT2D eigenvalue weighted by molar-refractivity contribution is -0.914. The third-order valence-electron chi connectivity index (χ3n) is 5.28. The monoisotopic (exact) mass is 414 g/mol. The van der Waals surface area contributed by atoms with E-state index in [9.17, 15) is 4.39 Å². The zero-order chi connectivity index (χ0) is 20.2. The Morgan fingerprint density at radius 2 is 1.83 bits per heavy atom. The van der Waals surface area contributed by atoms with Gasteiger partial charge in [-0.3, -0.25) is 0 Å². The van der Waals surface area contributed by atoms with Crippen molar-refractivity contribution >= 4 is 17.0 Å². The topological polar surface area (TPSA) is 39.0 Å². The van der Waals surface area contributed by atoms with Crippen molar-refractivity contribution in [3.05, 3.63) is 59.4 Å². The lowest BCUT2D eigenvalue weighted by Crippen LogP contribution is -3.13. The number of methoxy groups -OCH3 is 2. The Morgan fingerprint density at radius 1 is 1.07 bits per heavy atom. The highest BCUT2D eigenvalue weighted by molar-refractivity contribution is 7.13. The maximum absolute atomic E-state index is 13.1. The lowest BCUT2D eigenvalue weighted by atomic mass is 10.2. The fourth-order valence-electron chi connectivity index (χ4n) is 3.73. The predicted molar refractivity (Wildman–Crippen MR) is 114 cm³/mol. The van der Waals surface area contributed by atoms with Crippen molar-refractivity contribution in [3.8, 4) is 22.1 Å². The van der Waals surface area contributed by atoms with Crippen LogP contribution in [0.5, 0.6) is 11.5 Å². The van der Waals surface area contributed by atoms with E-state index in [1.54, 1.807) is 25.6 Å². The summed E-state index contributed by atoms with van der Waals surface area (Å²) in [5, 5.41) is 3.08. The summed E-state index contributed by atoms with van der Waals surface area (Å²) in [6, 6.07) is 12.6. The van der Waals surface area contributed by atoms with Crippen molar-refractivity contribution in [2.75, 3.05) is 45.3 Å². The van der Waals surface area contributed by atoms with Gasteiger partial charge in [-0.15, -0.1) is 11.3 Å². The second-order valence-corrected chi connectivity index (χ2v) is 7.93. The van der Waals surface area contributed by atoms with Crippen LogP contribution in [-0.4, -0.2) is 45.4 Å². The summed E-state index contributed by atoms with van der Waals surface area (Å²) >= 11 is 1.63. The molecule has 1 fully saturated rings. The van der Waals surface area contributed by atoms with Crippen LogP contribution in [0.15, 0.2) is 47.8 Å². The number of ether oxygens (including phenoxy) is 2. The zero-order valence-corrected chi connectivity index (χ0v) is 17.5. The van der Waals surface area contributed by atoms with Crippen molar-refractivity contribution in [1.29, 1.82) is 0 Å². The van der Waals surface area contributed by atoms with Gasteiger partial charge >= 0.3 is 0 Å². The number of halogens is 1. The molecule has 7 heteroatoms. The minimum atomic E-state index is -0.190. The molecule has 5 nitrogen and oxygen atoms in total. The molecule has 0 bridgehead atoms. The molecule has 3 aromatic rings. The second kappa shape index (κ2) is 8.80. The Morgan fingerprint density at radius 3 is 2.52 bits per heavy atom. The number of hydrogen-bond acceptors (Lipinski definition) is 5. The molecule has 0 saturated carbocycles. The number of quaternary nitrogens is 1. The highest BCUT2D eigenvalue weighted by Crippen LogP contribution is 2.38. The summed E-state index contributed by atoms with van der Waals surface area (Å²) in [7, 11) is 3.30. The van der Waals surface area contributed by atoms with Gasteiger partial charge in [-0.05, 0) is 36.4 Å². The van der Waals surface area contributed by atoms with Crippen LogP contribution in [0.25, 0.3) is 10.6 Å². The summed E-state index contributed by atoms with van der Waals surface area (Å²) in [6.07, 6.45) is 0. The van der Waals surface area contributed by atoms with Crippen LogP contribution in [0.1, 0.15) is 5.69 Å². The third-order valence-corrected chi connectivity index (χ3v) is 6.20. The number of aromatic nitrogens is 1. The van der Waals surface area contributed by atoms with Crippen molar-refractivity contribution in [2.45, 2.75) is 6.54 Å². The molecule has 1 aliphatic rings. The molecule has 0 spiro atoms. The van der Waals surface area contributed by atoms with Gasteiger partial charge in [0, 0.05) is 11.1 Å². The molecule has 1 saturated heterocycles. The van der Waals surface area contributed by atoms with Gasteiger partial charge in [-0.25, -0.2) is 9.37 Å². The van der Waals surface area contributed by atoms with Gasteiger partial charge in [0.15, 0.2) is 11.5 Å². The molecule has 1 aliphatic heterocycles. The van der Waals surface area contributed by atoms with Crippen LogP contribution in [-0.2, 0) is 6.54 Å². The van der Waals surface area contributed by atoms with Crippen molar-refractivity contribution in [2.24, 2.45) is 0 Å². The Bertz CT molecular complexity index is 953. The Balaban J connectivity index is 1.40. The van der Waals surface area contributed by atoms with Crippen LogP contribution in [0.2, 0.25) is 0 Å². The molecule has 2 aromatic carbocycles. The minimum Gasteiger partial charge on any atom is -0.493 e. The van der Waals surface area contributed by atoms with E-state index >= 15 is 0 Å². The number of anilines is 1. The van der Waals surface area contributed by atoms with E-state index in [0.29, 0.717) is 5.75 Å². The number of piperazine rings is 1. The van der Waals surface area contributed by atoms with Crippen LogP contribution in [0.3, 0.4) is 0 Å². The van der Waals surface area contributed by atoms with E-state index in [0.717, 1.165) is 60.4 Å². The van der Waals surface area contributed by atoms with Crippen LogP contribution in [0, 0.1) is 5.82 Å². The Kier molecular flexibility index (Phi) is 5.97. The summed E-state index contributed by atoms with van der Waals surface area (Å²) in [6.45, 7) is 4.89. The maximum Gasteiger partial charge on any atom is 0.170 e. The minimum absolute atomic E-state index is 0.190. The van der Waals surface area contributed by atoms with E-state index in [2.05, 4.69) is 10.3 Å². The Labute approximate surface area is 174 Å². The van der Waals surface area contributed by atoms with Crippen LogP contribution in [0.4, 0.5) is 10.1 Å². The van der Waals surface area contributed by atoms with Crippen molar-refractivity contribution in [1.82, 2.24) is 4.98 Å². The molecule has 2 heterocycles.